The molecule has 0 radical (unpaired) electrons. The topological polar surface area (TPSA) is 30.5 Å². The van der Waals surface area contributed by atoms with Crippen LogP contribution in [0, 0.1) is 0 Å². The van der Waals surface area contributed by atoms with Gasteiger partial charge in [0.15, 0.2) is 0 Å². The number of rotatable bonds is 7. The zero-order chi connectivity index (χ0) is 14.4. The van der Waals surface area contributed by atoms with Crippen molar-refractivity contribution >= 4 is 0 Å². The maximum Gasteiger partial charge on any atom is 0.128 e. The molecule has 1 aromatic rings. The summed E-state index contributed by atoms with van der Waals surface area (Å²) in [6.45, 7) is 5.36. The van der Waals surface area contributed by atoms with E-state index in [1.807, 2.05) is 12.1 Å². The lowest BCUT2D eigenvalue weighted by molar-refractivity contribution is 0.205. The van der Waals surface area contributed by atoms with Crippen molar-refractivity contribution in [2.75, 3.05) is 13.7 Å². The van der Waals surface area contributed by atoms with E-state index in [0.717, 1.165) is 30.0 Å². The molecular formula is C17H27NO2. The number of methoxy groups -OCH3 is 1. The molecule has 0 spiro atoms. The van der Waals surface area contributed by atoms with Gasteiger partial charge in [0, 0.05) is 6.04 Å². The smallest absolute Gasteiger partial charge is 0.128 e. The predicted molar refractivity (Wildman–Crippen MR) is 82.6 cm³/mol. The summed E-state index contributed by atoms with van der Waals surface area (Å²) in [7, 11) is 1.73. The van der Waals surface area contributed by atoms with Crippen molar-refractivity contribution in [1.82, 2.24) is 5.32 Å². The van der Waals surface area contributed by atoms with Crippen molar-refractivity contribution in [3.8, 4) is 11.5 Å². The fourth-order valence-electron chi connectivity index (χ4n) is 2.88. The first kappa shape index (κ1) is 15.2. The minimum absolute atomic E-state index is 0.238. The summed E-state index contributed by atoms with van der Waals surface area (Å²) in [5.74, 6) is 1.89. The van der Waals surface area contributed by atoms with Gasteiger partial charge in [-0.25, -0.2) is 0 Å². The molecule has 1 N–H and O–H groups in total. The van der Waals surface area contributed by atoms with Crippen molar-refractivity contribution in [1.29, 1.82) is 0 Å². The Labute approximate surface area is 122 Å². The molecule has 2 rings (SSSR count). The van der Waals surface area contributed by atoms with Gasteiger partial charge in [0.05, 0.1) is 18.8 Å². The normalized spacial score (nSPS) is 17.1. The molecule has 1 aromatic carbocycles. The van der Waals surface area contributed by atoms with Crippen LogP contribution in [0.25, 0.3) is 0 Å². The average Bonchev–Trinajstić information content (AvgIpc) is 2.97. The van der Waals surface area contributed by atoms with Crippen LogP contribution in [0.5, 0.6) is 11.5 Å². The van der Waals surface area contributed by atoms with E-state index in [4.69, 9.17) is 9.47 Å². The van der Waals surface area contributed by atoms with Crippen LogP contribution >= 0.6 is 0 Å². The Kier molecular flexibility index (Phi) is 5.72. The van der Waals surface area contributed by atoms with Crippen LogP contribution in [0.2, 0.25) is 0 Å². The number of hydrogen-bond acceptors (Lipinski definition) is 3. The third-order valence-electron chi connectivity index (χ3n) is 3.98. The SMILES string of the molecule is CCCNC(C)c1c(OC)cccc1OC1CCCC1. The predicted octanol–water partition coefficient (Wildman–Crippen LogP) is 4.08. The maximum atomic E-state index is 6.23. The molecule has 1 aliphatic carbocycles. The lowest BCUT2D eigenvalue weighted by Crippen LogP contribution is -2.22. The zero-order valence-electron chi connectivity index (χ0n) is 12.9. The zero-order valence-corrected chi connectivity index (χ0v) is 12.9. The largest absolute Gasteiger partial charge is 0.496 e. The van der Waals surface area contributed by atoms with Crippen molar-refractivity contribution in [2.24, 2.45) is 0 Å². The third-order valence-corrected chi connectivity index (χ3v) is 3.98. The van der Waals surface area contributed by atoms with Crippen LogP contribution in [0.4, 0.5) is 0 Å². The molecule has 3 heteroatoms. The molecule has 1 fully saturated rings. The number of nitrogens with one attached hydrogen (secondary N) is 1. The summed E-state index contributed by atoms with van der Waals surface area (Å²) >= 11 is 0. The lowest BCUT2D eigenvalue weighted by Gasteiger charge is -2.23. The molecule has 0 amide bonds. The van der Waals surface area contributed by atoms with Gasteiger partial charge in [0.25, 0.3) is 0 Å². The van der Waals surface area contributed by atoms with Gasteiger partial charge in [-0.3, -0.25) is 0 Å². The fraction of sp³-hybridized carbons (Fsp3) is 0.647. The highest BCUT2D eigenvalue weighted by molar-refractivity contribution is 5.47. The summed E-state index contributed by atoms with van der Waals surface area (Å²) in [6.07, 6.45) is 6.42. The Hall–Kier alpha value is -1.22. The Morgan fingerprint density at radius 2 is 1.95 bits per heavy atom. The van der Waals surface area contributed by atoms with Crippen molar-refractivity contribution < 1.29 is 9.47 Å². The van der Waals surface area contributed by atoms with Crippen LogP contribution in [0.15, 0.2) is 18.2 Å². The first-order valence-corrected chi connectivity index (χ1v) is 7.83. The van der Waals surface area contributed by atoms with E-state index in [1.54, 1.807) is 7.11 Å². The molecule has 0 bridgehead atoms. The van der Waals surface area contributed by atoms with E-state index in [-0.39, 0.29) is 6.04 Å². The summed E-state index contributed by atoms with van der Waals surface area (Å²) in [5.41, 5.74) is 1.15. The van der Waals surface area contributed by atoms with Crippen molar-refractivity contribution in [3.05, 3.63) is 23.8 Å². The quantitative estimate of drug-likeness (QED) is 0.814. The Morgan fingerprint density at radius 3 is 2.60 bits per heavy atom. The van der Waals surface area contributed by atoms with Gasteiger partial charge >= 0.3 is 0 Å². The fourth-order valence-corrected chi connectivity index (χ4v) is 2.88. The highest BCUT2D eigenvalue weighted by Crippen LogP contribution is 2.36. The molecule has 0 aromatic heterocycles. The minimum atomic E-state index is 0.238. The van der Waals surface area contributed by atoms with Gasteiger partial charge in [0.1, 0.15) is 11.5 Å². The Bertz CT molecular complexity index is 413. The van der Waals surface area contributed by atoms with E-state index in [2.05, 4.69) is 25.2 Å². The molecule has 112 valence electrons. The molecule has 1 aliphatic rings. The highest BCUT2D eigenvalue weighted by atomic mass is 16.5. The first-order chi connectivity index (χ1) is 9.76. The van der Waals surface area contributed by atoms with E-state index in [9.17, 15) is 0 Å². The molecule has 1 atom stereocenters. The van der Waals surface area contributed by atoms with E-state index < -0.39 is 0 Å². The van der Waals surface area contributed by atoms with Gasteiger partial charge in [-0.05, 0) is 57.7 Å². The Balaban J connectivity index is 2.20. The average molecular weight is 277 g/mol. The van der Waals surface area contributed by atoms with Crippen LogP contribution < -0.4 is 14.8 Å². The summed E-state index contributed by atoms with van der Waals surface area (Å²) < 4.78 is 11.8. The van der Waals surface area contributed by atoms with Gasteiger partial charge in [-0.15, -0.1) is 0 Å². The molecule has 0 heterocycles. The highest BCUT2D eigenvalue weighted by Gasteiger charge is 2.21. The maximum absolute atomic E-state index is 6.23. The molecule has 1 unspecified atom stereocenters. The van der Waals surface area contributed by atoms with Crippen LogP contribution in [0.1, 0.15) is 57.6 Å². The second-order valence-corrected chi connectivity index (χ2v) is 5.57. The van der Waals surface area contributed by atoms with E-state index >= 15 is 0 Å². The number of hydrogen-bond donors (Lipinski definition) is 1. The van der Waals surface area contributed by atoms with E-state index in [0.29, 0.717) is 6.10 Å². The number of ether oxygens (including phenoxy) is 2. The van der Waals surface area contributed by atoms with E-state index in [1.165, 1.54) is 25.7 Å². The minimum Gasteiger partial charge on any atom is -0.496 e. The van der Waals surface area contributed by atoms with Gasteiger partial charge in [0.2, 0.25) is 0 Å². The molecule has 20 heavy (non-hydrogen) atoms. The standard InChI is InChI=1S/C17H27NO2/c1-4-12-18-13(2)17-15(19-3)10-7-11-16(17)20-14-8-5-6-9-14/h7,10-11,13-14,18H,4-6,8-9,12H2,1-3H3. The molecular weight excluding hydrogens is 250 g/mol. The monoisotopic (exact) mass is 277 g/mol. The number of benzene rings is 1. The van der Waals surface area contributed by atoms with Gasteiger partial charge in [-0.1, -0.05) is 13.0 Å². The molecule has 3 nitrogen and oxygen atoms in total. The third kappa shape index (κ3) is 3.66. The molecule has 1 saturated carbocycles. The second kappa shape index (κ2) is 7.53. The summed E-state index contributed by atoms with van der Waals surface area (Å²) in [5, 5.41) is 3.53. The second-order valence-electron chi connectivity index (χ2n) is 5.57. The van der Waals surface area contributed by atoms with Crippen LogP contribution in [-0.4, -0.2) is 19.8 Å². The van der Waals surface area contributed by atoms with Crippen molar-refractivity contribution in [2.45, 2.75) is 58.1 Å². The summed E-state index contributed by atoms with van der Waals surface area (Å²) in [4.78, 5) is 0. The van der Waals surface area contributed by atoms with Gasteiger partial charge < -0.3 is 14.8 Å². The Morgan fingerprint density at radius 1 is 1.25 bits per heavy atom. The molecule has 0 saturated heterocycles. The van der Waals surface area contributed by atoms with Crippen LogP contribution in [0.3, 0.4) is 0 Å². The van der Waals surface area contributed by atoms with Crippen LogP contribution in [-0.2, 0) is 0 Å². The van der Waals surface area contributed by atoms with Gasteiger partial charge in [-0.2, -0.15) is 0 Å². The summed E-state index contributed by atoms with van der Waals surface area (Å²) in [6, 6.07) is 6.34. The lowest BCUT2D eigenvalue weighted by atomic mass is 10.1. The molecule has 0 aliphatic heterocycles. The van der Waals surface area contributed by atoms with Crippen molar-refractivity contribution in [3.63, 3.8) is 0 Å². The first-order valence-electron chi connectivity index (χ1n) is 7.83.